The summed E-state index contributed by atoms with van der Waals surface area (Å²) in [5.41, 5.74) is 0.877. The highest BCUT2D eigenvalue weighted by molar-refractivity contribution is 7.86. The summed E-state index contributed by atoms with van der Waals surface area (Å²) in [5.74, 6) is 0.241. The van der Waals surface area contributed by atoms with E-state index in [0.717, 1.165) is 19.3 Å². The van der Waals surface area contributed by atoms with Gasteiger partial charge in [-0.3, -0.25) is 9.00 Å². The van der Waals surface area contributed by atoms with Crippen molar-refractivity contribution >= 4 is 22.4 Å². The maximum absolute atomic E-state index is 12.0. The van der Waals surface area contributed by atoms with E-state index in [1.165, 1.54) is 0 Å². The average Bonchev–Trinajstić information content (AvgIpc) is 2.47. The third-order valence-corrected chi connectivity index (χ3v) is 4.71. The molecule has 0 fully saturated rings. The molecular formula is C15H20N2O2S. The number of hydrogen-bond acceptors (Lipinski definition) is 3. The molecule has 4 nitrogen and oxygen atoms in total. The number of rotatable bonds is 7. The van der Waals surface area contributed by atoms with Crippen molar-refractivity contribution in [1.82, 2.24) is 0 Å². The van der Waals surface area contributed by atoms with Gasteiger partial charge in [0.1, 0.15) is 11.3 Å². The van der Waals surface area contributed by atoms with Gasteiger partial charge < -0.3 is 5.32 Å². The van der Waals surface area contributed by atoms with Crippen molar-refractivity contribution in [2.75, 3.05) is 11.1 Å². The number of nitrogens with one attached hydrogen (secondary N) is 1. The predicted octanol–water partition coefficient (Wildman–Crippen LogP) is 2.82. The second-order valence-corrected chi connectivity index (χ2v) is 6.46. The van der Waals surface area contributed by atoms with Crippen LogP contribution >= 0.6 is 0 Å². The highest BCUT2D eigenvalue weighted by atomic mass is 32.2. The van der Waals surface area contributed by atoms with Crippen LogP contribution in [0.1, 0.15) is 38.7 Å². The van der Waals surface area contributed by atoms with E-state index in [1.54, 1.807) is 31.2 Å². The molecule has 0 bridgehead atoms. The summed E-state index contributed by atoms with van der Waals surface area (Å²) in [6, 6.07) is 8.81. The van der Waals surface area contributed by atoms with Crippen molar-refractivity contribution < 1.29 is 9.00 Å². The molecule has 1 N–H and O–H groups in total. The predicted molar refractivity (Wildman–Crippen MR) is 81.8 cm³/mol. The Bertz CT molecular complexity index is 523. The van der Waals surface area contributed by atoms with Gasteiger partial charge in [-0.1, -0.05) is 31.9 Å². The summed E-state index contributed by atoms with van der Waals surface area (Å²) in [4.78, 5) is 12.0. The summed E-state index contributed by atoms with van der Waals surface area (Å²) in [6.07, 6.45) is 2.96. The normalized spacial score (nSPS) is 13.2. The minimum atomic E-state index is -1.17. The van der Waals surface area contributed by atoms with Crippen LogP contribution in [0.3, 0.4) is 0 Å². The van der Waals surface area contributed by atoms with Crippen LogP contribution in [0.4, 0.5) is 5.69 Å². The summed E-state index contributed by atoms with van der Waals surface area (Å²) in [7, 11) is -1.17. The van der Waals surface area contributed by atoms with Gasteiger partial charge in [0.05, 0.1) is 11.3 Å². The number of nitrogens with zero attached hydrogens (tertiary/aromatic N) is 1. The summed E-state index contributed by atoms with van der Waals surface area (Å²) in [6.45, 7) is 3.74. The summed E-state index contributed by atoms with van der Waals surface area (Å²) >= 11 is 0. The number of para-hydroxylation sites is 1. The molecule has 0 saturated carbocycles. The molecule has 0 spiro atoms. The number of unbranched alkanes of at least 4 members (excludes halogenated alkanes) is 2. The Hall–Kier alpha value is -1.67. The van der Waals surface area contributed by atoms with E-state index >= 15 is 0 Å². The first-order chi connectivity index (χ1) is 9.60. The van der Waals surface area contributed by atoms with Gasteiger partial charge in [0.2, 0.25) is 5.91 Å². The number of amides is 1. The van der Waals surface area contributed by atoms with E-state index in [1.807, 2.05) is 6.07 Å². The van der Waals surface area contributed by atoms with E-state index in [2.05, 4.69) is 12.2 Å². The lowest BCUT2D eigenvalue weighted by molar-refractivity contribution is -0.115. The lowest BCUT2D eigenvalue weighted by Crippen LogP contribution is -2.30. The standard InChI is InChI=1S/C15H20N2O2S/c1-3-4-7-10-20(19)12(2)15(18)17-14-9-6-5-8-13(14)11-16/h5-6,8-9,12H,3-4,7,10H2,1-2H3,(H,17,18). The Kier molecular flexibility index (Phi) is 6.96. The molecule has 0 saturated heterocycles. The highest BCUT2D eigenvalue weighted by Gasteiger charge is 2.20. The molecule has 1 rings (SSSR count). The molecule has 0 heterocycles. The minimum Gasteiger partial charge on any atom is -0.324 e. The number of carbonyl (C=O) groups is 1. The highest BCUT2D eigenvalue weighted by Crippen LogP contribution is 2.14. The first kappa shape index (κ1) is 16.4. The smallest absolute Gasteiger partial charge is 0.239 e. The number of benzene rings is 1. The molecule has 5 heteroatoms. The molecule has 0 aromatic heterocycles. The van der Waals surface area contributed by atoms with Crippen molar-refractivity contribution in [3.05, 3.63) is 29.8 Å². The molecule has 2 unspecified atom stereocenters. The van der Waals surface area contributed by atoms with E-state index in [-0.39, 0.29) is 5.91 Å². The summed E-state index contributed by atoms with van der Waals surface area (Å²) < 4.78 is 12.0. The number of carbonyl (C=O) groups excluding carboxylic acids is 1. The van der Waals surface area contributed by atoms with Gasteiger partial charge in [-0.25, -0.2) is 0 Å². The monoisotopic (exact) mass is 292 g/mol. The van der Waals surface area contributed by atoms with Crippen LogP contribution in [-0.2, 0) is 15.6 Å². The molecule has 20 heavy (non-hydrogen) atoms. The van der Waals surface area contributed by atoms with Crippen LogP contribution in [0, 0.1) is 11.3 Å². The van der Waals surface area contributed by atoms with Gasteiger partial charge >= 0.3 is 0 Å². The second kappa shape index (κ2) is 8.49. The molecule has 2 atom stereocenters. The van der Waals surface area contributed by atoms with Gasteiger partial charge in [0, 0.05) is 16.6 Å². The van der Waals surface area contributed by atoms with Crippen LogP contribution in [-0.4, -0.2) is 21.1 Å². The van der Waals surface area contributed by atoms with Gasteiger partial charge in [-0.15, -0.1) is 0 Å². The van der Waals surface area contributed by atoms with Crippen LogP contribution in [0.5, 0.6) is 0 Å². The number of hydrogen-bond donors (Lipinski definition) is 1. The van der Waals surface area contributed by atoms with Crippen molar-refractivity contribution in [2.24, 2.45) is 0 Å². The third-order valence-electron chi connectivity index (χ3n) is 3.02. The zero-order valence-corrected chi connectivity index (χ0v) is 12.7. The Morgan fingerprint density at radius 2 is 2.10 bits per heavy atom. The van der Waals surface area contributed by atoms with Crippen molar-refractivity contribution in [3.63, 3.8) is 0 Å². The zero-order chi connectivity index (χ0) is 15.0. The lowest BCUT2D eigenvalue weighted by Gasteiger charge is -2.12. The second-order valence-electron chi connectivity index (χ2n) is 4.58. The molecule has 0 radical (unpaired) electrons. The van der Waals surface area contributed by atoms with Crippen molar-refractivity contribution in [3.8, 4) is 6.07 Å². The number of nitriles is 1. The largest absolute Gasteiger partial charge is 0.324 e. The fraction of sp³-hybridized carbons (Fsp3) is 0.467. The first-order valence-corrected chi connectivity index (χ1v) is 8.15. The van der Waals surface area contributed by atoms with Gasteiger partial charge in [0.25, 0.3) is 0 Å². The van der Waals surface area contributed by atoms with Crippen LogP contribution in [0.25, 0.3) is 0 Å². The molecule has 1 amide bonds. The molecular weight excluding hydrogens is 272 g/mol. The molecule has 0 aliphatic rings. The molecule has 1 aromatic carbocycles. The van der Waals surface area contributed by atoms with Gasteiger partial charge in [0.15, 0.2) is 0 Å². The number of anilines is 1. The maximum Gasteiger partial charge on any atom is 0.239 e. The van der Waals surface area contributed by atoms with Crippen LogP contribution in [0.2, 0.25) is 0 Å². The fourth-order valence-corrected chi connectivity index (χ4v) is 2.85. The topological polar surface area (TPSA) is 70.0 Å². The SMILES string of the molecule is CCCCCS(=O)C(C)C(=O)Nc1ccccc1C#N. The lowest BCUT2D eigenvalue weighted by atomic mass is 10.2. The Morgan fingerprint density at radius 3 is 2.75 bits per heavy atom. The van der Waals surface area contributed by atoms with E-state index < -0.39 is 16.0 Å². The fourth-order valence-electron chi connectivity index (χ4n) is 1.71. The summed E-state index contributed by atoms with van der Waals surface area (Å²) in [5, 5.41) is 11.1. The van der Waals surface area contributed by atoms with Crippen molar-refractivity contribution in [2.45, 2.75) is 38.4 Å². The Labute approximate surface area is 122 Å². The zero-order valence-electron chi connectivity index (χ0n) is 11.9. The van der Waals surface area contributed by atoms with E-state index in [4.69, 9.17) is 5.26 Å². The molecule has 108 valence electrons. The third kappa shape index (κ3) is 4.78. The molecule has 0 aliphatic heterocycles. The van der Waals surface area contributed by atoms with Crippen LogP contribution in [0.15, 0.2) is 24.3 Å². The molecule has 1 aromatic rings. The minimum absolute atomic E-state index is 0.303. The van der Waals surface area contributed by atoms with Crippen LogP contribution < -0.4 is 5.32 Å². The van der Waals surface area contributed by atoms with Gasteiger partial charge in [-0.2, -0.15) is 5.26 Å². The first-order valence-electron chi connectivity index (χ1n) is 6.77. The maximum atomic E-state index is 12.0. The Morgan fingerprint density at radius 1 is 1.40 bits per heavy atom. The van der Waals surface area contributed by atoms with E-state index in [9.17, 15) is 9.00 Å². The average molecular weight is 292 g/mol. The quantitative estimate of drug-likeness (QED) is 0.786. The molecule has 0 aliphatic carbocycles. The Balaban J connectivity index is 2.62. The van der Waals surface area contributed by atoms with E-state index in [0.29, 0.717) is 17.0 Å². The van der Waals surface area contributed by atoms with Gasteiger partial charge in [-0.05, 0) is 25.5 Å². The van der Waals surface area contributed by atoms with Crippen molar-refractivity contribution in [1.29, 1.82) is 5.26 Å².